The van der Waals surface area contributed by atoms with Crippen LogP contribution in [-0.2, 0) is 4.79 Å². The van der Waals surface area contributed by atoms with Gasteiger partial charge >= 0.3 is 0 Å². The highest BCUT2D eigenvalue weighted by atomic mass is 79.9. The van der Waals surface area contributed by atoms with Gasteiger partial charge < -0.3 is 9.42 Å². The number of anilines is 1. The Morgan fingerprint density at radius 3 is 2.65 bits per heavy atom. The van der Waals surface area contributed by atoms with Gasteiger partial charge in [0.05, 0.1) is 22.8 Å². The molecule has 7 nitrogen and oxygen atoms in total. The number of carbonyl (C=O) groups excluding carboxylic acids is 1. The number of halogens is 3. The van der Waals surface area contributed by atoms with Crippen molar-refractivity contribution >= 4 is 49.9 Å². The molecule has 2 aromatic carbocycles. The molecule has 0 spiro atoms. The van der Waals surface area contributed by atoms with Crippen molar-refractivity contribution in [2.45, 2.75) is 39.2 Å². The summed E-state index contributed by atoms with van der Waals surface area (Å²) in [6, 6.07) is 8.96. The molecule has 1 saturated heterocycles. The van der Waals surface area contributed by atoms with Crippen LogP contribution in [0.2, 0.25) is 0 Å². The number of amides is 1. The second kappa shape index (κ2) is 9.14. The molecule has 4 heterocycles. The van der Waals surface area contributed by atoms with Gasteiger partial charge in [0.15, 0.2) is 16.8 Å². The first-order valence-corrected chi connectivity index (χ1v) is 13.3. The van der Waals surface area contributed by atoms with E-state index in [-0.39, 0.29) is 5.91 Å². The van der Waals surface area contributed by atoms with Gasteiger partial charge in [-0.3, -0.25) is 9.36 Å². The van der Waals surface area contributed by atoms with Crippen molar-refractivity contribution < 1.29 is 18.1 Å². The molecule has 6 rings (SSSR count). The Morgan fingerprint density at radius 2 is 1.95 bits per heavy atom. The molecule has 1 fully saturated rings. The predicted molar refractivity (Wildman–Crippen MR) is 140 cm³/mol. The fourth-order valence-electron chi connectivity index (χ4n) is 5.00. The van der Waals surface area contributed by atoms with E-state index >= 15 is 0 Å². The number of aromatic nitrogens is 4. The number of rotatable bonds is 4. The molecule has 1 atom stereocenters. The largest absolute Gasteiger partial charge is 0.361 e. The average Bonchev–Trinajstić information content (AvgIpc) is 3.56. The van der Waals surface area contributed by atoms with E-state index in [1.54, 1.807) is 0 Å². The van der Waals surface area contributed by atoms with E-state index in [4.69, 9.17) is 9.51 Å². The van der Waals surface area contributed by atoms with E-state index in [0.717, 1.165) is 34.5 Å². The summed E-state index contributed by atoms with van der Waals surface area (Å²) in [5, 5.41) is 6.62. The number of aryl methyl sites for hydroxylation is 2. The van der Waals surface area contributed by atoms with Crippen LogP contribution in [0, 0.1) is 25.5 Å². The summed E-state index contributed by atoms with van der Waals surface area (Å²) in [5.41, 5.74) is 4.42. The van der Waals surface area contributed by atoms with Gasteiger partial charge in [0.1, 0.15) is 16.2 Å². The molecule has 37 heavy (non-hydrogen) atoms. The number of hydrogen-bond donors (Lipinski definition) is 0. The van der Waals surface area contributed by atoms with Crippen LogP contribution in [0.5, 0.6) is 0 Å². The Kier molecular flexibility index (Phi) is 5.91. The maximum absolute atomic E-state index is 14.2. The third-order valence-corrected chi connectivity index (χ3v) is 8.12. The molecule has 5 aromatic rings. The van der Waals surface area contributed by atoms with E-state index in [1.807, 2.05) is 42.0 Å². The Hall–Kier alpha value is -3.44. The van der Waals surface area contributed by atoms with Gasteiger partial charge in [0.25, 0.3) is 0 Å². The summed E-state index contributed by atoms with van der Waals surface area (Å²) in [6.45, 7) is 3.75. The molecule has 0 saturated carbocycles. The second-order valence-corrected chi connectivity index (χ2v) is 10.6. The Morgan fingerprint density at radius 1 is 1.11 bits per heavy atom. The van der Waals surface area contributed by atoms with Gasteiger partial charge in [-0.05, 0) is 72.4 Å². The zero-order chi connectivity index (χ0) is 25.8. The minimum absolute atomic E-state index is 0.169. The number of benzene rings is 2. The molecule has 3 aromatic heterocycles. The molecule has 1 aliphatic heterocycles. The Bertz CT molecular complexity index is 1660. The highest BCUT2D eigenvalue weighted by Gasteiger charge is 2.35. The third-order valence-electron chi connectivity index (χ3n) is 6.59. The van der Waals surface area contributed by atoms with E-state index in [9.17, 15) is 13.6 Å². The molecule has 188 valence electrons. The quantitative estimate of drug-likeness (QED) is 0.226. The molecule has 1 amide bonds. The van der Waals surface area contributed by atoms with Gasteiger partial charge in [-0.25, -0.2) is 18.7 Å². The maximum atomic E-state index is 14.2. The van der Waals surface area contributed by atoms with Gasteiger partial charge in [-0.2, -0.15) is 0 Å². The van der Waals surface area contributed by atoms with Crippen LogP contribution < -0.4 is 4.90 Å². The Labute approximate surface area is 222 Å². The van der Waals surface area contributed by atoms with Crippen molar-refractivity contribution in [3.63, 3.8) is 0 Å². The van der Waals surface area contributed by atoms with Crippen molar-refractivity contribution in [3.05, 3.63) is 75.3 Å². The number of hydrogen-bond acceptors (Lipinski definition) is 6. The van der Waals surface area contributed by atoms with Crippen molar-refractivity contribution in [2.75, 3.05) is 4.90 Å². The first kappa shape index (κ1) is 23.9. The number of piperidine rings is 1. The van der Waals surface area contributed by atoms with Gasteiger partial charge in [-0.15, -0.1) is 11.3 Å². The minimum atomic E-state index is -1.00. The predicted octanol–water partition coefficient (Wildman–Crippen LogP) is 7.05. The van der Waals surface area contributed by atoms with Crippen LogP contribution in [-0.4, -0.2) is 25.6 Å². The van der Waals surface area contributed by atoms with Crippen molar-refractivity contribution in [1.82, 2.24) is 19.7 Å². The van der Waals surface area contributed by atoms with Crippen LogP contribution in [0.1, 0.15) is 42.6 Å². The lowest BCUT2D eigenvalue weighted by atomic mass is 9.99. The topological polar surface area (TPSA) is 77.0 Å². The van der Waals surface area contributed by atoms with Crippen molar-refractivity contribution in [2.24, 2.45) is 0 Å². The minimum Gasteiger partial charge on any atom is -0.361 e. The second-order valence-electron chi connectivity index (χ2n) is 8.93. The highest BCUT2D eigenvalue weighted by Crippen LogP contribution is 2.40. The lowest BCUT2D eigenvalue weighted by Gasteiger charge is -2.35. The van der Waals surface area contributed by atoms with E-state index < -0.39 is 17.7 Å². The normalized spacial score (nSPS) is 16.2. The molecule has 0 N–H and O–H groups in total. The standard InChI is InChI=1S/C26H20BrF2N5O2S/c1-13-24(14(2)36-32-13)15-6-9-20-19(10-15)30-25(34(20)26-31-22(27)12-37-26)21-4-3-5-23(35)33(21)16-7-8-17(28)18(29)11-16/h6-12,21H,3-5H2,1-2H3/t21-/m0/s1. The summed E-state index contributed by atoms with van der Waals surface area (Å²) in [5.74, 6) is -0.821. The van der Waals surface area contributed by atoms with Crippen molar-refractivity contribution in [3.8, 4) is 16.3 Å². The van der Waals surface area contributed by atoms with Crippen LogP contribution in [0.4, 0.5) is 14.5 Å². The number of imidazole rings is 1. The maximum Gasteiger partial charge on any atom is 0.227 e. The zero-order valence-corrected chi connectivity index (χ0v) is 22.2. The van der Waals surface area contributed by atoms with Gasteiger partial charge in [0.2, 0.25) is 5.91 Å². The van der Waals surface area contributed by atoms with E-state index in [1.165, 1.54) is 22.3 Å². The summed E-state index contributed by atoms with van der Waals surface area (Å²) in [6.07, 6.45) is 1.57. The lowest BCUT2D eigenvalue weighted by molar-refractivity contribution is -0.120. The van der Waals surface area contributed by atoms with Crippen LogP contribution >= 0.6 is 27.3 Å². The van der Waals surface area contributed by atoms with Crippen LogP contribution in [0.15, 0.2) is 50.9 Å². The summed E-state index contributed by atoms with van der Waals surface area (Å²) in [7, 11) is 0. The van der Waals surface area contributed by atoms with Crippen LogP contribution in [0.25, 0.3) is 27.3 Å². The smallest absolute Gasteiger partial charge is 0.227 e. The van der Waals surface area contributed by atoms with E-state index in [2.05, 4.69) is 26.1 Å². The molecule has 11 heteroatoms. The van der Waals surface area contributed by atoms with Gasteiger partial charge in [-0.1, -0.05) is 11.2 Å². The monoisotopic (exact) mass is 583 g/mol. The Balaban J connectivity index is 1.56. The summed E-state index contributed by atoms with van der Waals surface area (Å²) >= 11 is 4.87. The van der Waals surface area contributed by atoms with E-state index in [0.29, 0.717) is 51.8 Å². The first-order chi connectivity index (χ1) is 17.8. The van der Waals surface area contributed by atoms with Crippen LogP contribution in [0.3, 0.4) is 0 Å². The molecular weight excluding hydrogens is 564 g/mol. The average molecular weight is 584 g/mol. The van der Waals surface area contributed by atoms with Crippen molar-refractivity contribution in [1.29, 1.82) is 0 Å². The molecule has 1 aliphatic rings. The molecule has 0 unspecified atom stereocenters. The molecule has 0 bridgehead atoms. The van der Waals surface area contributed by atoms with Gasteiger partial charge in [0, 0.05) is 29.1 Å². The summed E-state index contributed by atoms with van der Waals surface area (Å²) in [4.78, 5) is 24.3. The third kappa shape index (κ3) is 4.06. The highest BCUT2D eigenvalue weighted by molar-refractivity contribution is 9.10. The fourth-order valence-corrected chi connectivity index (χ4v) is 6.26. The number of carbonyl (C=O) groups is 1. The first-order valence-electron chi connectivity index (χ1n) is 11.7. The number of thiazole rings is 1. The molecular formula is C26H20BrF2N5O2S. The SMILES string of the molecule is Cc1noc(C)c1-c1ccc2c(c1)nc([C@@H]1CCCC(=O)N1c1ccc(F)c(F)c1)n2-c1nc(Br)cs1. The fraction of sp³-hybridized carbons (Fsp3) is 0.231. The lowest BCUT2D eigenvalue weighted by Crippen LogP contribution is -2.39. The zero-order valence-electron chi connectivity index (χ0n) is 19.8. The number of nitrogens with zero attached hydrogens (tertiary/aromatic N) is 5. The molecule has 0 aliphatic carbocycles. The molecule has 0 radical (unpaired) electrons. The number of fused-ring (bicyclic) bond motifs is 1. The summed E-state index contributed by atoms with van der Waals surface area (Å²) < 4.78 is 35.9.